The van der Waals surface area contributed by atoms with Crippen molar-refractivity contribution in [1.29, 1.82) is 0 Å². The minimum Gasteiger partial charge on any atom is -0.497 e. The molecule has 0 heterocycles. The molecule has 0 aliphatic rings. The molecule has 0 fully saturated rings. The molecule has 2 unspecified atom stereocenters. The average Bonchev–Trinajstić information content (AvgIpc) is 2.62. The zero-order valence-electron chi connectivity index (χ0n) is 14.7. The minimum absolute atomic E-state index is 0.0212. The van der Waals surface area contributed by atoms with Gasteiger partial charge in [0.25, 0.3) is 5.69 Å². The Morgan fingerprint density at radius 1 is 1.16 bits per heavy atom. The number of benzene rings is 2. The summed E-state index contributed by atoms with van der Waals surface area (Å²) in [6.07, 6.45) is -0.820. The number of aliphatic hydroxyl groups excluding tert-OH is 1. The largest absolute Gasteiger partial charge is 0.497 e. The van der Waals surface area contributed by atoms with E-state index in [1.54, 1.807) is 19.2 Å². The third-order valence-electron chi connectivity index (χ3n) is 4.14. The van der Waals surface area contributed by atoms with Crippen LogP contribution in [0.15, 0.2) is 48.5 Å². The predicted molar refractivity (Wildman–Crippen MR) is 96.6 cm³/mol. The molecule has 134 valence electrons. The van der Waals surface area contributed by atoms with Gasteiger partial charge in [-0.25, -0.2) is 0 Å². The van der Waals surface area contributed by atoms with Crippen LogP contribution < -0.4 is 10.1 Å². The number of nitro benzene ring substituents is 1. The van der Waals surface area contributed by atoms with Crippen LogP contribution in [0, 0.1) is 16.0 Å². The fourth-order valence-electron chi connectivity index (χ4n) is 2.75. The highest BCUT2D eigenvalue weighted by atomic mass is 16.6. The van der Waals surface area contributed by atoms with Crippen LogP contribution in [0.3, 0.4) is 0 Å². The molecule has 6 nitrogen and oxygen atoms in total. The van der Waals surface area contributed by atoms with Crippen molar-refractivity contribution in [3.05, 3.63) is 69.8 Å². The van der Waals surface area contributed by atoms with Gasteiger partial charge in [-0.1, -0.05) is 38.1 Å². The maximum atomic E-state index is 10.9. The number of methoxy groups -OCH3 is 1. The van der Waals surface area contributed by atoms with Gasteiger partial charge in [-0.15, -0.1) is 0 Å². The molecular weight excluding hydrogens is 320 g/mol. The molecule has 6 heteroatoms. The number of nitrogens with zero attached hydrogens (tertiary/aromatic N) is 1. The minimum atomic E-state index is -0.820. The molecule has 0 aliphatic carbocycles. The number of hydrogen-bond donors (Lipinski definition) is 2. The molecule has 2 aromatic rings. The van der Waals surface area contributed by atoms with E-state index in [9.17, 15) is 15.2 Å². The van der Waals surface area contributed by atoms with E-state index < -0.39 is 11.0 Å². The van der Waals surface area contributed by atoms with Crippen LogP contribution in [-0.2, 0) is 0 Å². The Labute approximate surface area is 147 Å². The van der Waals surface area contributed by atoms with Crippen molar-refractivity contribution in [3.8, 4) is 5.75 Å². The Bertz CT molecular complexity index is 701. The van der Waals surface area contributed by atoms with Gasteiger partial charge in [0, 0.05) is 24.7 Å². The molecule has 2 N–H and O–H groups in total. The fraction of sp³-hybridized carbons (Fsp3) is 0.368. The number of nitro groups is 1. The Kier molecular flexibility index (Phi) is 6.50. The molecule has 2 atom stereocenters. The second-order valence-electron chi connectivity index (χ2n) is 6.27. The molecule has 0 saturated heterocycles. The van der Waals surface area contributed by atoms with Crippen molar-refractivity contribution in [3.63, 3.8) is 0 Å². The quantitative estimate of drug-likeness (QED) is 0.564. The summed E-state index contributed by atoms with van der Waals surface area (Å²) in [7, 11) is 1.63. The van der Waals surface area contributed by atoms with E-state index in [0.717, 1.165) is 11.3 Å². The Balaban J connectivity index is 2.07. The Morgan fingerprint density at radius 2 is 1.84 bits per heavy atom. The number of ether oxygens (including phenoxy) is 1. The standard InChI is InChI=1S/C19H24N2O4/c1-13(2)19(14-7-9-17(25-3)10-8-14)20-12-18(22)15-5-4-6-16(11-15)21(23)24/h4-11,13,18-20,22H,12H2,1-3H3. The first-order valence-electron chi connectivity index (χ1n) is 8.22. The summed E-state index contributed by atoms with van der Waals surface area (Å²) in [5.74, 6) is 1.11. The van der Waals surface area contributed by atoms with E-state index in [0.29, 0.717) is 18.0 Å². The lowest BCUT2D eigenvalue weighted by atomic mass is 9.95. The number of nitrogens with one attached hydrogen (secondary N) is 1. The van der Waals surface area contributed by atoms with Crippen molar-refractivity contribution >= 4 is 5.69 Å². The average molecular weight is 344 g/mol. The Hall–Kier alpha value is -2.44. The summed E-state index contributed by atoms with van der Waals surface area (Å²) >= 11 is 0. The topological polar surface area (TPSA) is 84.6 Å². The fourth-order valence-corrected chi connectivity index (χ4v) is 2.75. The van der Waals surface area contributed by atoms with E-state index in [1.165, 1.54) is 12.1 Å². The predicted octanol–water partition coefficient (Wildman–Crippen LogP) is 3.62. The Morgan fingerprint density at radius 3 is 2.40 bits per heavy atom. The van der Waals surface area contributed by atoms with E-state index in [4.69, 9.17) is 4.74 Å². The summed E-state index contributed by atoms with van der Waals surface area (Å²) in [5, 5.41) is 24.6. The SMILES string of the molecule is COc1ccc(C(NCC(O)c2cccc([N+](=O)[O-])c2)C(C)C)cc1. The smallest absolute Gasteiger partial charge is 0.269 e. The van der Waals surface area contributed by atoms with Crippen LogP contribution in [-0.4, -0.2) is 23.7 Å². The molecule has 2 aromatic carbocycles. The maximum Gasteiger partial charge on any atom is 0.269 e. The normalized spacial score (nSPS) is 13.5. The number of hydrogen-bond acceptors (Lipinski definition) is 5. The summed E-state index contributed by atoms with van der Waals surface area (Å²) in [6.45, 7) is 4.50. The first-order valence-corrected chi connectivity index (χ1v) is 8.22. The molecule has 2 rings (SSSR count). The highest BCUT2D eigenvalue weighted by Gasteiger charge is 2.18. The molecule has 0 aliphatic heterocycles. The van der Waals surface area contributed by atoms with E-state index >= 15 is 0 Å². The molecule has 0 radical (unpaired) electrons. The van der Waals surface area contributed by atoms with Crippen molar-refractivity contribution in [2.45, 2.75) is 26.0 Å². The molecular formula is C19H24N2O4. The highest BCUT2D eigenvalue weighted by molar-refractivity contribution is 5.35. The van der Waals surface area contributed by atoms with Gasteiger partial charge in [-0.05, 0) is 29.2 Å². The van der Waals surface area contributed by atoms with Gasteiger partial charge in [0.05, 0.1) is 18.1 Å². The van der Waals surface area contributed by atoms with Gasteiger partial charge in [-0.2, -0.15) is 0 Å². The van der Waals surface area contributed by atoms with E-state index in [2.05, 4.69) is 19.2 Å². The number of non-ortho nitro benzene ring substituents is 1. The summed E-state index contributed by atoms with van der Waals surface area (Å²) in [4.78, 5) is 10.4. The van der Waals surface area contributed by atoms with Crippen LogP contribution >= 0.6 is 0 Å². The van der Waals surface area contributed by atoms with Crippen LogP contribution in [0.25, 0.3) is 0 Å². The van der Waals surface area contributed by atoms with Crippen LogP contribution in [0.4, 0.5) is 5.69 Å². The van der Waals surface area contributed by atoms with E-state index in [1.807, 2.05) is 24.3 Å². The number of rotatable bonds is 8. The molecule has 0 amide bonds. The molecule has 0 saturated carbocycles. The van der Waals surface area contributed by atoms with Gasteiger partial charge in [0.15, 0.2) is 0 Å². The van der Waals surface area contributed by atoms with E-state index in [-0.39, 0.29) is 11.7 Å². The van der Waals surface area contributed by atoms with Gasteiger partial charge in [0.2, 0.25) is 0 Å². The molecule has 25 heavy (non-hydrogen) atoms. The first kappa shape index (κ1) is 18.9. The first-order chi connectivity index (χ1) is 11.9. The van der Waals surface area contributed by atoms with Gasteiger partial charge < -0.3 is 15.2 Å². The zero-order valence-corrected chi connectivity index (χ0v) is 14.7. The van der Waals surface area contributed by atoms with Gasteiger partial charge >= 0.3 is 0 Å². The lowest BCUT2D eigenvalue weighted by Crippen LogP contribution is -2.29. The maximum absolute atomic E-state index is 10.9. The van der Waals surface area contributed by atoms with Gasteiger partial charge in [-0.3, -0.25) is 10.1 Å². The van der Waals surface area contributed by atoms with Crippen LogP contribution in [0.5, 0.6) is 5.75 Å². The summed E-state index contributed by atoms with van der Waals surface area (Å²) in [5.41, 5.74) is 1.60. The van der Waals surface area contributed by atoms with Gasteiger partial charge in [0.1, 0.15) is 5.75 Å². The van der Waals surface area contributed by atoms with Crippen molar-refractivity contribution in [2.75, 3.05) is 13.7 Å². The third-order valence-corrected chi connectivity index (χ3v) is 4.14. The highest BCUT2D eigenvalue weighted by Crippen LogP contribution is 2.25. The molecule has 0 bridgehead atoms. The molecule has 0 aromatic heterocycles. The zero-order chi connectivity index (χ0) is 18.4. The lowest BCUT2D eigenvalue weighted by molar-refractivity contribution is -0.385. The molecule has 0 spiro atoms. The number of aliphatic hydroxyl groups is 1. The second kappa shape index (κ2) is 8.60. The monoisotopic (exact) mass is 344 g/mol. The second-order valence-corrected chi connectivity index (χ2v) is 6.27. The van der Waals surface area contributed by atoms with Crippen molar-refractivity contribution in [1.82, 2.24) is 5.32 Å². The van der Waals surface area contributed by atoms with Crippen molar-refractivity contribution < 1.29 is 14.8 Å². The third kappa shape index (κ3) is 5.01. The summed E-state index contributed by atoms with van der Waals surface area (Å²) < 4.78 is 5.18. The van der Waals surface area contributed by atoms with Crippen LogP contribution in [0.2, 0.25) is 0 Å². The van der Waals surface area contributed by atoms with Crippen LogP contribution in [0.1, 0.15) is 37.1 Å². The van der Waals surface area contributed by atoms with Crippen molar-refractivity contribution in [2.24, 2.45) is 5.92 Å². The summed E-state index contributed by atoms with van der Waals surface area (Å²) in [6, 6.07) is 14.0. The lowest BCUT2D eigenvalue weighted by Gasteiger charge is -2.25.